The number of carbonyl (C=O) groups excluding carboxylic acids is 1. The molecule has 0 aromatic carbocycles. The summed E-state index contributed by atoms with van der Waals surface area (Å²) < 4.78 is 0. The Kier molecular flexibility index (Phi) is 7.75. The van der Waals surface area contributed by atoms with Crippen molar-refractivity contribution in [3.8, 4) is 0 Å². The first-order valence-corrected chi connectivity index (χ1v) is 7.80. The molecular weight excluding hydrogens is 268 g/mol. The first-order chi connectivity index (χ1) is 9.50. The van der Waals surface area contributed by atoms with Crippen LogP contribution in [0.1, 0.15) is 61.3 Å². The van der Waals surface area contributed by atoms with Gasteiger partial charge in [0, 0.05) is 12.1 Å². The van der Waals surface area contributed by atoms with Gasteiger partial charge in [-0.2, -0.15) is 0 Å². The van der Waals surface area contributed by atoms with Gasteiger partial charge in [0.25, 0.3) is 0 Å². The van der Waals surface area contributed by atoms with E-state index in [1.807, 2.05) is 34.6 Å². The molecule has 5 nitrogen and oxygen atoms in total. The molecule has 0 saturated heterocycles. The SMILES string of the molecule is CCC(C)CNC(=O)[C@H](CC(C)C)N(C(=O)O)C(C)(C)C. The highest BCUT2D eigenvalue weighted by Gasteiger charge is 2.37. The van der Waals surface area contributed by atoms with Crippen molar-refractivity contribution in [1.82, 2.24) is 10.2 Å². The van der Waals surface area contributed by atoms with E-state index in [2.05, 4.69) is 19.2 Å². The lowest BCUT2D eigenvalue weighted by atomic mass is 9.96. The first-order valence-electron chi connectivity index (χ1n) is 7.80. The minimum atomic E-state index is -1.05. The third-order valence-electron chi connectivity index (χ3n) is 3.56. The summed E-state index contributed by atoms with van der Waals surface area (Å²) >= 11 is 0. The molecule has 0 saturated carbocycles. The van der Waals surface area contributed by atoms with E-state index in [1.54, 1.807) is 0 Å². The largest absolute Gasteiger partial charge is 0.465 e. The van der Waals surface area contributed by atoms with Crippen LogP contribution in [0.4, 0.5) is 4.79 Å². The van der Waals surface area contributed by atoms with Crippen molar-refractivity contribution in [2.75, 3.05) is 6.54 Å². The van der Waals surface area contributed by atoms with Gasteiger partial charge >= 0.3 is 6.09 Å². The second kappa shape index (κ2) is 8.25. The zero-order chi connectivity index (χ0) is 16.8. The molecule has 0 aliphatic carbocycles. The van der Waals surface area contributed by atoms with Crippen LogP contribution in [0.3, 0.4) is 0 Å². The summed E-state index contributed by atoms with van der Waals surface area (Å²) in [5.74, 6) is 0.441. The normalized spacial score (nSPS) is 14.7. The number of hydrogen-bond donors (Lipinski definition) is 2. The van der Waals surface area contributed by atoms with E-state index in [1.165, 1.54) is 4.90 Å². The van der Waals surface area contributed by atoms with Crippen LogP contribution in [-0.2, 0) is 4.79 Å². The van der Waals surface area contributed by atoms with Crippen molar-refractivity contribution in [2.24, 2.45) is 11.8 Å². The zero-order valence-corrected chi connectivity index (χ0v) is 14.6. The summed E-state index contributed by atoms with van der Waals surface area (Å²) in [5, 5.41) is 12.4. The van der Waals surface area contributed by atoms with Crippen LogP contribution in [0.2, 0.25) is 0 Å². The number of rotatable bonds is 7. The number of hydrogen-bond acceptors (Lipinski definition) is 2. The summed E-state index contributed by atoms with van der Waals surface area (Å²) in [4.78, 5) is 25.4. The van der Waals surface area contributed by atoms with Gasteiger partial charge in [0.2, 0.25) is 5.91 Å². The smallest absolute Gasteiger partial charge is 0.408 e. The monoisotopic (exact) mass is 300 g/mol. The van der Waals surface area contributed by atoms with E-state index < -0.39 is 17.7 Å². The second-order valence-corrected chi connectivity index (χ2v) is 7.23. The Balaban J connectivity index is 5.16. The zero-order valence-electron chi connectivity index (χ0n) is 14.6. The van der Waals surface area contributed by atoms with Crippen molar-refractivity contribution >= 4 is 12.0 Å². The number of nitrogens with zero attached hydrogens (tertiary/aromatic N) is 1. The lowest BCUT2D eigenvalue weighted by Gasteiger charge is -2.39. The molecule has 124 valence electrons. The van der Waals surface area contributed by atoms with Gasteiger partial charge in [-0.3, -0.25) is 9.69 Å². The van der Waals surface area contributed by atoms with Crippen LogP contribution >= 0.6 is 0 Å². The maximum Gasteiger partial charge on any atom is 0.408 e. The molecule has 2 atom stereocenters. The number of amides is 2. The van der Waals surface area contributed by atoms with Crippen molar-refractivity contribution in [3.63, 3.8) is 0 Å². The molecule has 0 aromatic rings. The highest BCUT2D eigenvalue weighted by atomic mass is 16.4. The third-order valence-corrected chi connectivity index (χ3v) is 3.56. The van der Waals surface area contributed by atoms with Gasteiger partial charge in [-0.15, -0.1) is 0 Å². The van der Waals surface area contributed by atoms with Gasteiger partial charge in [-0.1, -0.05) is 34.1 Å². The number of nitrogens with one attached hydrogen (secondary N) is 1. The minimum Gasteiger partial charge on any atom is -0.465 e. The molecule has 21 heavy (non-hydrogen) atoms. The fourth-order valence-electron chi connectivity index (χ4n) is 2.20. The lowest BCUT2D eigenvalue weighted by molar-refractivity contribution is -0.128. The molecule has 0 fully saturated rings. The Morgan fingerprint density at radius 1 is 1.19 bits per heavy atom. The van der Waals surface area contributed by atoms with Crippen LogP contribution < -0.4 is 5.32 Å². The summed E-state index contributed by atoms with van der Waals surface area (Å²) in [6, 6.07) is -0.647. The topological polar surface area (TPSA) is 69.6 Å². The Bertz CT molecular complexity index is 348. The molecule has 0 rings (SSSR count). The highest BCUT2D eigenvalue weighted by Crippen LogP contribution is 2.22. The Morgan fingerprint density at radius 3 is 2.05 bits per heavy atom. The molecule has 0 aromatic heterocycles. The first kappa shape index (κ1) is 19.7. The summed E-state index contributed by atoms with van der Waals surface area (Å²) in [6.45, 7) is 14.2. The lowest BCUT2D eigenvalue weighted by Crippen LogP contribution is -2.57. The number of carbonyl (C=O) groups is 2. The molecule has 2 amide bonds. The van der Waals surface area contributed by atoms with Gasteiger partial charge in [-0.05, 0) is 39.0 Å². The predicted octanol–water partition coefficient (Wildman–Crippen LogP) is 3.34. The van der Waals surface area contributed by atoms with Gasteiger partial charge in [0.1, 0.15) is 6.04 Å². The van der Waals surface area contributed by atoms with Crippen LogP contribution in [0.5, 0.6) is 0 Å². The van der Waals surface area contributed by atoms with E-state index in [9.17, 15) is 14.7 Å². The van der Waals surface area contributed by atoms with E-state index in [0.717, 1.165) is 6.42 Å². The third kappa shape index (κ3) is 6.82. The molecule has 2 N–H and O–H groups in total. The second-order valence-electron chi connectivity index (χ2n) is 7.23. The van der Waals surface area contributed by atoms with Crippen LogP contribution in [0.15, 0.2) is 0 Å². The predicted molar refractivity (Wildman–Crippen MR) is 85.3 cm³/mol. The fourth-order valence-corrected chi connectivity index (χ4v) is 2.20. The molecule has 1 unspecified atom stereocenters. The van der Waals surface area contributed by atoms with Gasteiger partial charge in [0.05, 0.1) is 0 Å². The van der Waals surface area contributed by atoms with E-state index in [4.69, 9.17) is 0 Å². The van der Waals surface area contributed by atoms with Crippen molar-refractivity contribution in [3.05, 3.63) is 0 Å². The quantitative estimate of drug-likeness (QED) is 0.757. The van der Waals surface area contributed by atoms with Crippen molar-refractivity contribution in [2.45, 2.75) is 72.9 Å². The van der Waals surface area contributed by atoms with E-state index in [0.29, 0.717) is 18.9 Å². The van der Waals surface area contributed by atoms with Crippen molar-refractivity contribution in [1.29, 1.82) is 0 Å². The average Bonchev–Trinajstić information content (AvgIpc) is 2.31. The molecule has 5 heteroatoms. The summed E-state index contributed by atoms with van der Waals surface area (Å²) in [6.07, 6.45) is 0.458. The van der Waals surface area contributed by atoms with Crippen molar-refractivity contribution < 1.29 is 14.7 Å². The Morgan fingerprint density at radius 2 is 1.71 bits per heavy atom. The highest BCUT2D eigenvalue weighted by molar-refractivity contribution is 5.85. The fraction of sp³-hybridized carbons (Fsp3) is 0.875. The Hall–Kier alpha value is -1.26. The standard InChI is InChI=1S/C16H32N2O3/c1-8-12(4)10-17-14(19)13(9-11(2)3)18(15(20)21)16(5,6)7/h11-13H,8-10H2,1-7H3,(H,17,19)(H,20,21)/t12?,13-/m0/s1. The molecule has 0 aliphatic rings. The molecule has 0 heterocycles. The van der Waals surface area contributed by atoms with E-state index >= 15 is 0 Å². The minimum absolute atomic E-state index is 0.193. The molecule has 0 radical (unpaired) electrons. The molecule has 0 bridgehead atoms. The summed E-state index contributed by atoms with van der Waals surface area (Å²) in [7, 11) is 0. The number of carboxylic acid groups (broad SMARTS) is 1. The maximum atomic E-state index is 12.5. The molecular formula is C16H32N2O3. The summed E-state index contributed by atoms with van der Waals surface area (Å²) in [5.41, 5.74) is -0.612. The van der Waals surface area contributed by atoms with Gasteiger partial charge < -0.3 is 10.4 Å². The molecule has 0 aliphatic heterocycles. The van der Waals surface area contributed by atoms with Gasteiger partial charge in [0.15, 0.2) is 0 Å². The van der Waals surface area contributed by atoms with Crippen LogP contribution in [0.25, 0.3) is 0 Å². The maximum absolute atomic E-state index is 12.5. The van der Waals surface area contributed by atoms with Crippen LogP contribution in [-0.4, -0.2) is 40.1 Å². The van der Waals surface area contributed by atoms with Crippen LogP contribution in [0, 0.1) is 11.8 Å². The Labute approximate surface area is 129 Å². The molecule has 0 spiro atoms. The van der Waals surface area contributed by atoms with E-state index in [-0.39, 0.29) is 11.8 Å². The van der Waals surface area contributed by atoms with Gasteiger partial charge in [-0.25, -0.2) is 4.79 Å². The average molecular weight is 300 g/mol.